The molecule has 0 atom stereocenters. The van der Waals surface area contributed by atoms with Crippen LogP contribution in [0.15, 0.2) is 24.3 Å². The minimum absolute atomic E-state index is 0.182. The highest BCUT2D eigenvalue weighted by molar-refractivity contribution is 5.94. The zero-order valence-electron chi connectivity index (χ0n) is 12.1. The molecule has 1 rings (SSSR count). The summed E-state index contributed by atoms with van der Waals surface area (Å²) in [7, 11) is 0. The lowest BCUT2D eigenvalue weighted by atomic mass is 10.1. The largest absolute Gasteiger partial charge is 0.389 e. The Hall–Kier alpha value is -1.39. The molecule has 0 heterocycles. The molecule has 1 aromatic carbocycles. The van der Waals surface area contributed by atoms with Gasteiger partial charge in [-0.3, -0.25) is 4.79 Å². The van der Waals surface area contributed by atoms with Crippen LogP contribution in [0.1, 0.15) is 43.6 Å². The number of carbonyl (C=O) groups excluding carboxylic acids is 1. The quantitative estimate of drug-likeness (QED) is 0.828. The van der Waals surface area contributed by atoms with Gasteiger partial charge >= 0.3 is 0 Å². The Labute approximate surface area is 114 Å². The standard InChI is InChI=1S/C15H23NO3/c1-11(2)19-9-12-5-7-13(8-6-12)14(17)16-10-15(3,4)18/h5-8,11,18H,9-10H2,1-4H3,(H,16,17). The Bertz CT molecular complexity index is 404. The molecule has 1 amide bonds. The fourth-order valence-corrected chi connectivity index (χ4v) is 1.41. The smallest absolute Gasteiger partial charge is 0.251 e. The van der Waals surface area contributed by atoms with Gasteiger partial charge in [0.25, 0.3) is 5.91 Å². The highest BCUT2D eigenvalue weighted by Crippen LogP contribution is 2.07. The van der Waals surface area contributed by atoms with Gasteiger partial charge in [0.1, 0.15) is 0 Å². The van der Waals surface area contributed by atoms with Crippen molar-refractivity contribution in [1.29, 1.82) is 0 Å². The number of aliphatic hydroxyl groups is 1. The van der Waals surface area contributed by atoms with Crippen molar-refractivity contribution in [3.63, 3.8) is 0 Å². The molecule has 2 N–H and O–H groups in total. The van der Waals surface area contributed by atoms with E-state index in [1.807, 2.05) is 26.0 Å². The molecule has 4 heteroatoms. The fourth-order valence-electron chi connectivity index (χ4n) is 1.41. The molecular formula is C15H23NO3. The van der Waals surface area contributed by atoms with Crippen molar-refractivity contribution in [3.05, 3.63) is 35.4 Å². The number of rotatable bonds is 6. The van der Waals surface area contributed by atoms with Gasteiger partial charge in [-0.1, -0.05) is 12.1 Å². The minimum atomic E-state index is -0.902. The number of benzene rings is 1. The van der Waals surface area contributed by atoms with Crippen molar-refractivity contribution in [2.45, 2.75) is 46.0 Å². The van der Waals surface area contributed by atoms with Crippen molar-refractivity contribution in [2.24, 2.45) is 0 Å². The van der Waals surface area contributed by atoms with Crippen LogP contribution in [-0.4, -0.2) is 29.3 Å². The summed E-state index contributed by atoms with van der Waals surface area (Å²) in [6, 6.07) is 7.28. The SMILES string of the molecule is CC(C)OCc1ccc(C(=O)NCC(C)(C)O)cc1. The molecule has 106 valence electrons. The lowest BCUT2D eigenvalue weighted by molar-refractivity contribution is 0.0656. The van der Waals surface area contributed by atoms with Crippen LogP contribution in [0.5, 0.6) is 0 Å². The zero-order chi connectivity index (χ0) is 14.5. The van der Waals surface area contributed by atoms with Gasteiger partial charge in [0.2, 0.25) is 0 Å². The number of hydrogen-bond donors (Lipinski definition) is 2. The van der Waals surface area contributed by atoms with Gasteiger partial charge in [0.05, 0.1) is 18.3 Å². The first-order valence-electron chi connectivity index (χ1n) is 6.49. The first-order chi connectivity index (χ1) is 8.78. The van der Waals surface area contributed by atoms with Crippen molar-refractivity contribution in [1.82, 2.24) is 5.32 Å². The van der Waals surface area contributed by atoms with Crippen molar-refractivity contribution in [3.8, 4) is 0 Å². The highest BCUT2D eigenvalue weighted by Gasteiger charge is 2.14. The second kappa shape index (κ2) is 6.68. The lowest BCUT2D eigenvalue weighted by Gasteiger charge is -2.17. The molecule has 0 bridgehead atoms. The molecular weight excluding hydrogens is 242 g/mol. The summed E-state index contributed by atoms with van der Waals surface area (Å²) in [6.07, 6.45) is 0.190. The van der Waals surface area contributed by atoms with E-state index in [1.165, 1.54) is 0 Å². The first-order valence-corrected chi connectivity index (χ1v) is 6.49. The van der Waals surface area contributed by atoms with E-state index < -0.39 is 5.60 Å². The van der Waals surface area contributed by atoms with Crippen molar-refractivity contribution >= 4 is 5.91 Å². The van der Waals surface area contributed by atoms with E-state index in [9.17, 15) is 9.90 Å². The molecule has 0 fully saturated rings. The molecule has 0 aliphatic rings. The van der Waals surface area contributed by atoms with E-state index in [0.717, 1.165) is 5.56 Å². The summed E-state index contributed by atoms with van der Waals surface area (Å²) in [5.41, 5.74) is 0.714. The van der Waals surface area contributed by atoms with E-state index in [2.05, 4.69) is 5.32 Å². The molecule has 0 saturated carbocycles. The molecule has 0 spiro atoms. The Morgan fingerprint density at radius 1 is 1.32 bits per heavy atom. The van der Waals surface area contributed by atoms with Crippen LogP contribution in [0.2, 0.25) is 0 Å². The van der Waals surface area contributed by atoms with Gasteiger partial charge in [-0.15, -0.1) is 0 Å². The van der Waals surface area contributed by atoms with Crippen LogP contribution >= 0.6 is 0 Å². The molecule has 0 aliphatic heterocycles. The summed E-state index contributed by atoms with van der Waals surface area (Å²) in [5, 5.41) is 12.2. The molecule has 19 heavy (non-hydrogen) atoms. The van der Waals surface area contributed by atoms with Crippen LogP contribution < -0.4 is 5.32 Å². The van der Waals surface area contributed by atoms with Crippen LogP contribution in [0, 0.1) is 0 Å². The number of nitrogens with one attached hydrogen (secondary N) is 1. The van der Waals surface area contributed by atoms with Gasteiger partial charge < -0.3 is 15.2 Å². The molecule has 4 nitrogen and oxygen atoms in total. The van der Waals surface area contributed by atoms with E-state index in [1.54, 1.807) is 26.0 Å². The number of hydrogen-bond acceptors (Lipinski definition) is 3. The second-order valence-corrected chi connectivity index (χ2v) is 5.55. The van der Waals surface area contributed by atoms with Crippen LogP contribution in [-0.2, 0) is 11.3 Å². The Balaban J connectivity index is 2.53. The molecule has 0 unspecified atom stereocenters. The lowest BCUT2D eigenvalue weighted by Crippen LogP contribution is -2.38. The summed E-state index contributed by atoms with van der Waals surface area (Å²) in [6.45, 7) is 8.05. The van der Waals surface area contributed by atoms with Crippen molar-refractivity contribution in [2.75, 3.05) is 6.54 Å². The Morgan fingerprint density at radius 2 is 1.89 bits per heavy atom. The molecule has 0 radical (unpaired) electrons. The monoisotopic (exact) mass is 265 g/mol. The topological polar surface area (TPSA) is 58.6 Å². The van der Waals surface area contributed by atoms with E-state index in [0.29, 0.717) is 12.2 Å². The molecule has 1 aromatic rings. The number of amides is 1. The molecule has 0 aliphatic carbocycles. The van der Waals surface area contributed by atoms with Gasteiger partial charge in [0, 0.05) is 12.1 Å². The third-order valence-electron chi connectivity index (χ3n) is 2.48. The summed E-state index contributed by atoms with van der Waals surface area (Å²) in [4.78, 5) is 11.8. The third-order valence-corrected chi connectivity index (χ3v) is 2.48. The van der Waals surface area contributed by atoms with Crippen LogP contribution in [0.4, 0.5) is 0 Å². The maximum atomic E-state index is 11.8. The normalized spacial score (nSPS) is 11.7. The fraction of sp³-hybridized carbons (Fsp3) is 0.533. The van der Waals surface area contributed by atoms with E-state index in [-0.39, 0.29) is 18.6 Å². The third kappa shape index (κ3) is 6.36. The van der Waals surface area contributed by atoms with Crippen LogP contribution in [0.25, 0.3) is 0 Å². The number of ether oxygens (including phenoxy) is 1. The van der Waals surface area contributed by atoms with Gasteiger partial charge in [0.15, 0.2) is 0 Å². The van der Waals surface area contributed by atoms with Crippen molar-refractivity contribution < 1.29 is 14.6 Å². The zero-order valence-corrected chi connectivity index (χ0v) is 12.1. The van der Waals surface area contributed by atoms with Crippen LogP contribution in [0.3, 0.4) is 0 Å². The maximum Gasteiger partial charge on any atom is 0.251 e. The average Bonchev–Trinajstić information content (AvgIpc) is 2.33. The van der Waals surface area contributed by atoms with E-state index in [4.69, 9.17) is 4.74 Å². The maximum absolute atomic E-state index is 11.8. The summed E-state index contributed by atoms with van der Waals surface area (Å²) in [5.74, 6) is -0.182. The van der Waals surface area contributed by atoms with E-state index >= 15 is 0 Å². The highest BCUT2D eigenvalue weighted by atomic mass is 16.5. The average molecular weight is 265 g/mol. The molecule has 0 aromatic heterocycles. The Morgan fingerprint density at radius 3 is 2.37 bits per heavy atom. The van der Waals surface area contributed by atoms with Gasteiger partial charge in [-0.2, -0.15) is 0 Å². The number of carbonyl (C=O) groups is 1. The second-order valence-electron chi connectivity index (χ2n) is 5.55. The minimum Gasteiger partial charge on any atom is -0.389 e. The first kappa shape index (κ1) is 15.7. The van der Waals surface area contributed by atoms with Gasteiger partial charge in [-0.05, 0) is 45.4 Å². The summed E-state index contributed by atoms with van der Waals surface area (Å²) >= 11 is 0. The predicted octanol–water partition coefficient (Wildman–Crippen LogP) is 2.11. The summed E-state index contributed by atoms with van der Waals surface area (Å²) < 4.78 is 5.49. The molecule has 0 saturated heterocycles. The Kier molecular flexibility index (Phi) is 5.51. The van der Waals surface area contributed by atoms with Gasteiger partial charge in [-0.25, -0.2) is 0 Å². The predicted molar refractivity (Wildman–Crippen MR) is 75.0 cm³/mol.